The van der Waals surface area contributed by atoms with Gasteiger partial charge < -0.3 is 40.7 Å². The normalized spacial score (nSPS) is 12.4. The van der Waals surface area contributed by atoms with Gasteiger partial charge in [0, 0.05) is 99.1 Å². The van der Waals surface area contributed by atoms with Crippen LogP contribution in [0.1, 0.15) is 57.9 Å². The Bertz CT molecular complexity index is 1530. The van der Waals surface area contributed by atoms with Gasteiger partial charge in [0.1, 0.15) is 6.29 Å². The molecule has 1 aliphatic rings. The molecule has 6 N–H and O–H groups in total. The molecule has 1 fully saturated rings. The zero-order chi connectivity index (χ0) is 33.3. The number of aromatic nitrogens is 3. The van der Waals surface area contributed by atoms with Crippen LogP contribution < -0.4 is 21.4 Å². The van der Waals surface area contributed by atoms with Gasteiger partial charge in [-0.25, -0.2) is 15.4 Å². The Balaban J connectivity index is 0.00000109. The summed E-state index contributed by atoms with van der Waals surface area (Å²) < 4.78 is 1.92. The number of imidazole rings is 1. The van der Waals surface area contributed by atoms with E-state index in [1.807, 2.05) is 65.9 Å². The average molecular weight is 630 g/mol. The number of nitrogens with one attached hydrogen (secondary N) is 3. The van der Waals surface area contributed by atoms with Crippen LogP contribution in [-0.4, -0.2) is 76.1 Å². The molecule has 246 valence electrons. The van der Waals surface area contributed by atoms with Crippen LogP contribution in [0.15, 0.2) is 61.1 Å². The number of nitrogen functional groups attached to an aromatic ring is 1. The number of piperazine rings is 1. The monoisotopic (exact) mass is 629 g/mol. The van der Waals surface area contributed by atoms with E-state index in [0.717, 1.165) is 80.8 Å². The van der Waals surface area contributed by atoms with E-state index >= 15 is 0 Å². The number of hydroxylamine groups is 1. The van der Waals surface area contributed by atoms with Crippen LogP contribution in [-0.2, 0) is 9.59 Å². The van der Waals surface area contributed by atoms with Crippen LogP contribution in [0.5, 0.6) is 0 Å². The van der Waals surface area contributed by atoms with E-state index in [-0.39, 0.29) is 5.91 Å². The molecule has 0 bridgehead atoms. The van der Waals surface area contributed by atoms with Crippen LogP contribution in [0.2, 0.25) is 0 Å². The molecule has 5 rings (SSSR count). The highest BCUT2D eigenvalue weighted by Crippen LogP contribution is 2.28. The molecule has 2 aromatic heterocycles. The van der Waals surface area contributed by atoms with Crippen LogP contribution >= 0.6 is 0 Å². The zero-order valence-corrected chi connectivity index (χ0v) is 27.1. The molecule has 0 aliphatic carbocycles. The molecular formula is C34H47N9O3. The van der Waals surface area contributed by atoms with Gasteiger partial charge in [0.25, 0.3) is 0 Å². The molecule has 0 spiro atoms. The molecular weight excluding hydrogens is 582 g/mol. The fourth-order valence-corrected chi connectivity index (χ4v) is 5.14. The van der Waals surface area contributed by atoms with Crippen molar-refractivity contribution >= 4 is 46.9 Å². The molecule has 3 heterocycles. The molecule has 1 saturated heterocycles. The Morgan fingerprint density at radius 1 is 1.04 bits per heavy atom. The highest BCUT2D eigenvalue weighted by Gasteiger charge is 2.21. The third-order valence-corrected chi connectivity index (χ3v) is 7.50. The second kappa shape index (κ2) is 18.9. The number of amides is 1. The van der Waals surface area contributed by atoms with Crippen molar-refractivity contribution in [2.75, 3.05) is 49.2 Å². The fraction of sp³-hybridized carbons (Fsp3) is 0.382. The maximum atomic E-state index is 12.6. The number of fused-ring (bicyclic) bond motifs is 1. The van der Waals surface area contributed by atoms with Crippen molar-refractivity contribution in [2.24, 2.45) is 0 Å². The third kappa shape index (κ3) is 9.85. The molecule has 12 nitrogen and oxygen atoms in total. The number of aldehydes is 1. The predicted molar refractivity (Wildman–Crippen MR) is 185 cm³/mol. The van der Waals surface area contributed by atoms with Gasteiger partial charge in [-0.05, 0) is 43.2 Å². The first-order chi connectivity index (χ1) is 22.5. The van der Waals surface area contributed by atoms with E-state index < -0.39 is 0 Å². The Kier molecular flexibility index (Phi) is 14.6. The summed E-state index contributed by atoms with van der Waals surface area (Å²) in [5, 5.41) is 18.2. The van der Waals surface area contributed by atoms with E-state index in [4.69, 9.17) is 21.3 Å². The largest absolute Gasteiger partial charge is 0.398 e. The Hall–Kier alpha value is -4.81. The van der Waals surface area contributed by atoms with Gasteiger partial charge in [-0.2, -0.15) is 0 Å². The molecule has 1 amide bonds. The predicted octanol–water partition coefficient (Wildman–Crippen LogP) is 5.53. The lowest BCUT2D eigenvalue weighted by Crippen LogP contribution is -2.48. The highest BCUT2D eigenvalue weighted by atomic mass is 16.5. The molecule has 2 aromatic carbocycles. The van der Waals surface area contributed by atoms with Gasteiger partial charge in [0.15, 0.2) is 11.5 Å². The molecule has 46 heavy (non-hydrogen) atoms. The summed E-state index contributed by atoms with van der Waals surface area (Å²) in [7, 11) is 1.43. The molecule has 0 atom stereocenters. The van der Waals surface area contributed by atoms with Crippen molar-refractivity contribution in [1.82, 2.24) is 24.7 Å². The standard InChI is InChI=1S/C31H36N8O2.C2H6.CH5NO/c32-21-24-8-7-23(20-27(24)33)28-22-39-14-13-34-31(39)30(36-28)35-25-9-11-26(12-10-25)37-15-17-38(18-16-37)29(41)6-4-2-1-3-5-19-40;1-2;1-2-3/h7-14,19-22,32H,1-6,15-18,33H2,(H,35,36);1-2H3;2-3H,1H3. The first-order valence-corrected chi connectivity index (χ1v) is 15.9. The first-order valence-electron chi connectivity index (χ1n) is 15.9. The van der Waals surface area contributed by atoms with E-state index in [1.165, 1.54) is 13.3 Å². The lowest BCUT2D eigenvalue weighted by molar-refractivity contribution is -0.131. The molecule has 0 radical (unpaired) electrons. The first kappa shape index (κ1) is 35.7. The topological polar surface area (TPSA) is 165 Å². The third-order valence-electron chi connectivity index (χ3n) is 7.50. The lowest BCUT2D eigenvalue weighted by Gasteiger charge is -2.36. The smallest absolute Gasteiger partial charge is 0.222 e. The quantitative estimate of drug-likeness (QED) is 0.0445. The van der Waals surface area contributed by atoms with Crippen molar-refractivity contribution in [2.45, 2.75) is 52.4 Å². The summed E-state index contributed by atoms with van der Waals surface area (Å²) in [5.74, 6) is 0.860. The van der Waals surface area contributed by atoms with Crippen LogP contribution in [0.4, 0.5) is 22.9 Å². The van der Waals surface area contributed by atoms with Gasteiger partial charge in [-0.1, -0.05) is 38.8 Å². The number of carbonyl (C=O) groups is 2. The lowest BCUT2D eigenvalue weighted by atomic mass is 10.1. The van der Waals surface area contributed by atoms with E-state index in [1.54, 1.807) is 11.7 Å². The number of nitrogens with two attached hydrogens (primary N) is 1. The molecule has 12 heteroatoms. The fourth-order valence-electron chi connectivity index (χ4n) is 5.14. The second-order valence-electron chi connectivity index (χ2n) is 10.5. The van der Waals surface area contributed by atoms with E-state index in [9.17, 15) is 9.59 Å². The maximum absolute atomic E-state index is 12.6. The Morgan fingerprint density at radius 2 is 1.74 bits per heavy atom. The van der Waals surface area contributed by atoms with Crippen molar-refractivity contribution in [3.63, 3.8) is 0 Å². The molecule has 4 aromatic rings. The van der Waals surface area contributed by atoms with Crippen molar-refractivity contribution in [3.05, 3.63) is 66.6 Å². The number of hydrogen-bond donors (Lipinski definition) is 5. The van der Waals surface area contributed by atoms with E-state index in [2.05, 4.69) is 27.3 Å². The molecule has 0 unspecified atom stereocenters. The number of rotatable bonds is 12. The van der Waals surface area contributed by atoms with Crippen molar-refractivity contribution in [3.8, 4) is 11.3 Å². The van der Waals surface area contributed by atoms with E-state index in [0.29, 0.717) is 35.6 Å². The molecule has 1 aliphatic heterocycles. The van der Waals surface area contributed by atoms with Crippen molar-refractivity contribution < 1.29 is 14.8 Å². The van der Waals surface area contributed by atoms with Gasteiger partial charge in [-0.15, -0.1) is 0 Å². The number of benzene rings is 2. The Labute approximate surface area is 271 Å². The minimum absolute atomic E-state index is 0.230. The zero-order valence-electron chi connectivity index (χ0n) is 27.1. The summed E-state index contributed by atoms with van der Waals surface area (Å²) in [4.78, 5) is 36.6. The number of anilines is 4. The number of hydrogen-bond acceptors (Lipinski definition) is 10. The number of unbranched alkanes of at least 4 members (excludes halogenated alkanes) is 4. The number of carbonyl (C=O) groups excluding carboxylic acids is 2. The Morgan fingerprint density at radius 3 is 2.39 bits per heavy atom. The second-order valence-corrected chi connectivity index (χ2v) is 10.5. The summed E-state index contributed by atoms with van der Waals surface area (Å²) in [6.45, 7) is 7.06. The van der Waals surface area contributed by atoms with Gasteiger partial charge in [0.05, 0.1) is 5.69 Å². The van der Waals surface area contributed by atoms with Crippen LogP contribution in [0.3, 0.4) is 0 Å². The summed E-state index contributed by atoms with van der Waals surface area (Å²) >= 11 is 0. The van der Waals surface area contributed by atoms with Gasteiger partial charge >= 0.3 is 0 Å². The van der Waals surface area contributed by atoms with Crippen LogP contribution in [0.25, 0.3) is 16.9 Å². The minimum atomic E-state index is 0.230. The van der Waals surface area contributed by atoms with Crippen LogP contribution in [0, 0.1) is 5.41 Å². The maximum Gasteiger partial charge on any atom is 0.222 e. The summed E-state index contributed by atoms with van der Waals surface area (Å²) in [6, 6.07) is 13.8. The SMILES string of the molecule is CC.CNO.N=Cc1ccc(-c2cn3ccnc3c(Nc3ccc(N4CCN(C(=O)CCCCCCC=O)CC4)cc3)n2)cc1N. The summed E-state index contributed by atoms with van der Waals surface area (Å²) in [6.07, 6.45) is 12.7. The van der Waals surface area contributed by atoms with Gasteiger partial charge in [0.2, 0.25) is 5.91 Å². The number of nitrogens with zero attached hydrogens (tertiary/aromatic N) is 5. The minimum Gasteiger partial charge on any atom is -0.398 e. The molecule has 0 saturated carbocycles. The highest BCUT2D eigenvalue weighted by molar-refractivity contribution is 5.87. The van der Waals surface area contributed by atoms with Gasteiger partial charge in [-0.3, -0.25) is 4.79 Å². The summed E-state index contributed by atoms with van der Waals surface area (Å²) in [5.41, 5.74) is 13.4. The van der Waals surface area contributed by atoms with Crippen molar-refractivity contribution in [1.29, 1.82) is 5.41 Å². The average Bonchev–Trinajstić information content (AvgIpc) is 3.57.